The first-order valence-electron chi connectivity index (χ1n) is 13.4. The molecule has 0 bridgehead atoms. The number of ether oxygens (including phenoxy) is 2. The van der Waals surface area contributed by atoms with Gasteiger partial charge in [0.15, 0.2) is 22.0 Å². The zero-order valence-corrected chi connectivity index (χ0v) is 23.9. The Labute approximate surface area is 233 Å². The van der Waals surface area contributed by atoms with Gasteiger partial charge in [0.05, 0.1) is 22.3 Å². The quantitative estimate of drug-likeness (QED) is 0.460. The minimum absolute atomic E-state index is 0.0386. The standard InChI is InChI=1S/C27H35ClN4O6S/c1-26(2,18-38-22-5-3-4-14-37-22)39(35,36)27(10-11-27)17-31-12-13-32-21(25(31)34)16-29-23(32)24(33)30-15-19-6-8-20(28)9-7-19/h6-9,16,22H,3-5,10-15,17-18H2,1-2H3,(H,30,33). The van der Waals surface area contributed by atoms with Crippen LogP contribution in [0.2, 0.25) is 5.02 Å². The molecule has 1 aromatic carbocycles. The highest BCUT2D eigenvalue weighted by molar-refractivity contribution is 7.94. The van der Waals surface area contributed by atoms with Crippen molar-refractivity contribution in [2.24, 2.45) is 0 Å². The lowest BCUT2D eigenvalue weighted by Crippen LogP contribution is -2.52. The maximum atomic E-state index is 13.8. The van der Waals surface area contributed by atoms with Crippen molar-refractivity contribution in [3.8, 4) is 0 Å². The van der Waals surface area contributed by atoms with Crippen LogP contribution in [0.5, 0.6) is 0 Å². The Bertz CT molecular complexity index is 1330. The van der Waals surface area contributed by atoms with E-state index in [-0.39, 0.29) is 42.8 Å². The fraction of sp³-hybridized carbons (Fsp3) is 0.593. The Balaban J connectivity index is 1.23. The molecule has 3 heterocycles. The van der Waals surface area contributed by atoms with Crippen molar-refractivity contribution < 1.29 is 27.5 Å². The first kappa shape index (κ1) is 28.1. The van der Waals surface area contributed by atoms with Crippen LogP contribution in [0, 0.1) is 0 Å². The van der Waals surface area contributed by atoms with Crippen molar-refractivity contribution in [2.45, 2.75) is 74.8 Å². The van der Waals surface area contributed by atoms with E-state index in [0.717, 1.165) is 24.8 Å². The fourth-order valence-electron chi connectivity index (χ4n) is 5.25. The molecule has 1 aliphatic carbocycles. The summed E-state index contributed by atoms with van der Waals surface area (Å²) in [5.41, 5.74) is 1.17. The number of hydrogen-bond donors (Lipinski definition) is 1. The van der Waals surface area contributed by atoms with E-state index in [2.05, 4.69) is 10.3 Å². The van der Waals surface area contributed by atoms with Crippen molar-refractivity contribution in [3.63, 3.8) is 0 Å². The van der Waals surface area contributed by atoms with Gasteiger partial charge in [-0.2, -0.15) is 0 Å². The van der Waals surface area contributed by atoms with E-state index in [1.165, 1.54) is 6.20 Å². The summed E-state index contributed by atoms with van der Waals surface area (Å²) in [5, 5.41) is 3.44. The number of nitrogens with zero attached hydrogens (tertiary/aromatic N) is 3. The van der Waals surface area contributed by atoms with Gasteiger partial charge in [0, 0.05) is 37.8 Å². The van der Waals surface area contributed by atoms with Crippen molar-refractivity contribution >= 4 is 33.3 Å². The summed E-state index contributed by atoms with van der Waals surface area (Å²) in [4.78, 5) is 32.0. The van der Waals surface area contributed by atoms with Gasteiger partial charge in [0.25, 0.3) is 11.8 Å². The fourth-order valence-corrected chi connectivity index (χ4v) is 7.74. The van der Waals surface area contributed by atoms with E-state index in [4.69, 9.17) is 21.1 Å². The molecule has 1 saturated carbocycles. The van der Waals surface area contributed by atoms with Crippen LogP contribution < -0.4 is 5.32 Å². The molecule has 0 radical (unpaired) electrons. The largest absolute Gasteiger partial charge is 0.353 e. The molecule has 1 aromatic heterocycles. The number of benzene rings is 1. The van der Waals surface area contributed by atoms with Crippen LogP contribution in [0.3, 0.4) is 0 Å². The molecule has 212 valence electrons. The second-order valence-corrected chi connectivity index (χ2v) is 14.6. The number of halogens is 1. The smallest absolute Gasteiger partial charge is 0.287 e. The van der Waals surface area contributed by atoms with Crippen molar-refractivity contribution in [3.05, 3.63) is 52.6 Å². The molecule has 2 amide bonds. The number of sulfone groups is 1. The Morgan fingerprint density at radius 2 is 1.97 bits per heavy atom. The van der Waals surface area contributed by atoms with Gasteiger partial charge in [-0.1, -0.05) is 23.7 Å². The maximum absolute atomic E-state index is 13.8. The highest BCUT2D eigenvalue weighted by atomic mass is 35.5. The molecular formula is C27H35ClN4O6S. The Morgan fingerprint density at radius 1 is 1.23 bits per heavy atom. The van der Waals surface area contributed by atoms with Crippen LogP contribution in [-0.2, 0) is 32.4 Å². The van der Waals surface area contributed by atoms with Crippen LogP contribution >= 0.6 is 11.6 Å². The molecule has 5 rings (SSSR count). The van der Waals surface area contributed by atoms with Crippen LogP contribution in [0.25, 0.3) is 0 Å². The second kappa shape index (κ2) is 10.8. The Morgan fingerprint density at radius 3 is 2.64 bits per heavy atom. The van der Waals surface area contributed by atoms with Crippen LogP contribution in [0.1, 0.15) is 72.6 Å². The molecule has 2 aliphatic heterocycles. The SMILES string of the molecule is CC(C)(COC1CCCCO1)S(=O)(=O)C1(CN2CCn3c(cnc3C(=O)NCc3ccc(Cl)cc3)C2=O)CC1. The van der Waals surface area contributed by atoms with Gasteiger partial charge in [0.1, 0.15) is 5.69 Å². The molecule has 10 nitrogen and oxygen atoms in total. The topological polar surface area (TPSA) is 120 Å². The minimum atomic E-state index is -3.64. The van der Waals surface area contributed by atoms with Gasteiger partial charge in [0.2, 0.25) is 0 Å². The number of nitrogens with one attached hydrogen (secondary N) is 1. The molecule has 0 spiro atoms. The molecule has 39 heavy (non-hydrogen) atoms. The highest BCUT2D eigenvalue weighted by Crippen LogP contribution is 2.49. The molecule has 12 heteroatoms. The zero-order chi connectivity index (χ0) is 27.8. The average Bonchev–Trinajstić information content (AvgIpc) is 3.59. The number of hydrogen-bond acceptors (Lipinski definition) is 7. The summed E-state index contributed by atoms with van der Waals surface area (Å²) in [6.45, 7) is 5.10. The van der Waals surface area contributed by atoms with Gasteiger partial charge in [-0.15, -0.1) is 0 Å². The van der Waals surface area contributed by atoms with E-state index in [0.29, 0.717) is 44.1 Å². The summed E-state index contributed by atoms with van der Waals surface area (Å²) < 4.78 is 38.5. The summed E-state index contributed by atoms with van der Waals surface area (Å²) >= 11 is 5.91. The molecular weight excluding hydrogens is 544 g/mol. The molecule has 2 aromatic rings. The number of imidazole rings is 1. The van der Waals surface area contributed by atoms with Crippen LogP contribution in [0.15, 0.2) is 30.5 Å². The molecule has 3 aliphatic rings. The predicted octanol–water partition coefficient (Wildman–Crippen LogP) is 3.19. The molecule has 1 saturated heterocycles. The van der Waals surface area contributed by atoms with Crippen molar-refractivity contribution in [2.75, 3.05) is 26.3 Å². The first-order chi connectivity index (χ1) is 18.5. The number of amides is 2. The first-order valence-corrected chi connectivity index (χ1v) is 15.2. The summed E-state index contributed by atoms with van der Waals surface area (Å²) in [6, 6.07) is 7.15. The van der Waals surface area contributed by atoms with Crippen LogP contribution in [0.4, 0.5) is 0 Å². The second-order valence-electron chi connectivity index (χ2n) is 11.2. The summed E-state index contributed by atoms with van der Waals surface area (Å²) in [6.07, 6.45) is 4.77. The number of rotatable bonds is 10. The van der Waals surface area contributed by atoms with Gasteiger partial charge in [-0.3, -0.25) is 9.59 Å². The lowest BCUT2D eigenvalue weighted by Gasteiger charge is -2.36. The highest BCUT2D eigenvalue weighted by Gasteiger charge is 2.61. The van der Waals surface area contributed by atoms with E-state index in [1.807, 2.05) is 12.1 Å². The summed E-state index contributed by atoms with van der Waals surface area (Å²) in [5.74, 6) is -0.553. The molecule has 1 unspecified atom stereocenters. The van der Waals surface area contributed by atoms with Gasteiger partial charge < -0.3 is 24.3 Å². The normalized spacial score (nSPS) is 20.9. The average molecular weight is 579 g/mol. The number of fused-ring (bicyclic) bond motifs is 1. The van der Waals surface area contributed by atoms with E-state index < -0.39 is 19.3 Å². The number of aromatic nitrogens is 2. The molecule has 1 N–H and O–H groups in total. The van der Waals surface area contributed by atoms with E-state index in [1.54, 1.807) is 35.4 Å². The third-order valence-electron chi connectivity index (χ3n) is 7.86. The maximum Gasteiger partial charge on any atom is 0.287 e. The van der Waals surface area contributed by atoms with Gasteiger partial charge in [-0.05, 0) is 63.6 Å². The Kier molecular flexibility index (Phi) is 7.80. The monoisotopic (exact) mass is 578 g/mol. The van der Waals surface area contributed by atoms with Gasteiger partial charge in [-0.25, -0.2) is 13.4 Å². The molecule has 2 fully saturated rings. The van der Waals surface area contributed by atoms with Gasteiger partial charge >= 0.3 is 0 Å². The predicted molar refractivity (Wildman–Crippen MR) is 145 cm³/mol. The third-order valence-corrected chi connectivity index (χ3v) is 11.4. The minimum Gasteiger partial charge on any atom is -0.353 e. The Hall–Kier alpha value is -2.47. The van der Waals surface area contributed by atoms with Crippen molar-refractivity contribution in [1.29, 1.82) is 0 Å². The summed E-state index contributed by atoms with van der Waals surface area (Å²) in [7, 11) is -3.64. The molecule has 1 atom stereocenters. The number of carbonyl (C=O) groups is 2. The van der Waals surface area contributed by atoms with E-state index in [9.17, 15) is 18.0 Å². The lowest BCUT2D eigenvalue weighted by molar-refractivity contribution is -0.165. The van der Waals surface area contributed by atoms with Crippen molar-refractivity contribution in [1.82, 2.24) is 19.8 Å². The zero-order valence-electron chi connectivity index (χ0n) is 22.3. The third kappa shape index (κ3) is 5.59. The van der Waals surface area contributed by atoms with Crippen LogP contribution in [-0.4, -0.2) is 76.8 Å². The van der Waals surface area contributed by atoms with E-state index >= 15 is 0 Å². The number of carbonyl (C=O) groups excluding carboxylic acids is 2. The lowest BCUT2D eigenvalue weighted by atomic mass is 10.2.